The van der Waals surface area contributed by atoms with Crippen LogP contribution in [0, 0.1) is 0 Å². The zero-order chi connectivity index (χ0) is 11.3. The summed E-state index contributed by atoms with van der Waals surface area (Å²) in [6.07, 6.45) is 0. The fourth-order valence-electron chi connectivity index (χ4n) is 1.12. The second kappa shape index (κ2) is 5.46. The largest absolute Gasteiger partial charge is 0.363 e. The second-order valence-electron chi connectivity index (χ2n) is 3.12. The number of carbonyl (C=O) groups excluding carboxylic acids is 1. The van der Waals surface area contributed by atoms with Crippen molar-refractivity contribution in [2.75, 3.05) is 11.9 Å². The molecule has 1 aromatic rings. The zero-order valence-corrected chi connectivity index (χ0v) is 9.65. The lowest BCUT2D eigenvalue weighted by molar-refractivity contribution is 0.101. The molecule has 0 aliphatic heterocycles. The molecular formula is C11H14N2OS. The Hall–Kier alpha value is -1.42. The van der Waals surface area contributed by atoms with Crippen LogP contribution >= 0.6 is 12.2 Å². The quantitative estimate of drug-likeness (QED) is 0.607. The molecule has 1 aromatic carbocycles. The van der Waals surface area contributed by atoms with E-state index in [0.717, 1.165) is 12.2 Å². The smallest absolute Gasteiger partial charge is 0.170 e. The van der Waals surface area contributed by atoms with E-state index in [0.29, 0.717) is 10.7 Å². The third-order valence-corrected chi connectivity index (χ3v) is 2.13. The summed E-state index contributed by atoms with van der Waals surface area (Å²) < 4.78 is 0. The van der Waals surface area contributed by atoms with Crippen LogP contribution in [0.3, 0.4) is 0 Å². The van der Waals surface area contributed by atoms with Crippen molar-refractivity contribution in [2.24, 2.45) is 0 Å². The molecule has 0 aliphatic rings. The number of hydrogen-bond donors (Lipinski definition) is 2. The number of hydrogen-bond acceptors (Lipinski definition) is 2. The summed E-state index contributed by atoms with van der Waals surface area (Å²) in [4.78, 5) is 11.0. The molecule has 0 fully saturated rings. The Labute approximate surface area is 94.9 Å². The van der Waals surface area contributed by atoms with E-state index in [4.69, 9.17) is 12.2 Å². The average Bonchev–Trinajstić information content (AvgIpc) is 2.18. The van der Waals surface area contributed by atoms with E-state index in [9.17, 15) is 4.79 Å². The Morgan fingerprint density at radius 1 is 1.33 bits per heavy atom. The SMILES string of the molecule is CCNC(=S)Nc1ccc(C(C)=O)cc1. The van der Waals surface area contributed by atoms with Gasteiger partial charge in [-0.3, -0.25) is 4.79 Å². The number of carbonyl (C=O) groups is 1. The number of benzene rings is 1. The Balaban J connectivity index is 2.64. The number of rotatable bonds is 3. The van der Waals surface area contributed by atoms with Gasteiger partial charge in [-0.05, 0) is 50.3 Å². The Morgan fingerprint density at radius 3 is 2.40 bits per heavy atom. The van der Waals surface area contributed by atoms with Gasteiger partial charge in [0.05, 0.1) is 0 Å². The summed E-state index contributed by atoms with van der Waals surface area (Å²) in [5.74, 6) is 0.0656. The molecule has 0 radical (unpaired) electrons. The highest BCUT2D eigenvalue weighted by atomic mass is 32.1. The van der Waals surface area contributed by atoms with Gasteiger partial charge in [0.25, 0.3) is 0 Å². The van der Waals surface area contributed by atoms with Crippen molar-refractivity contribution >= 4 is 28.8 Å². The van der Waals surface area contributed by atoms with E-state index >= 15 is 0 Å². The summed E-state index contributed by atoms with van der Waals surface area (Å²) in [6.45, 7) is 4.32. The van der Waals surface area contributed by atoms with Crippen LogP contribution in [-0.2, 0) is 0 Å². The topological polar surface area (TPSA) is 41.1 Å². The molecule has 0 saturated carbocycles. The first-order valence-corrected chi connectivity index (χ1v) is 5.20. The lowest BCUT2D eigenvalue weighted by Gasteiger charge is -2.08. The van der Waals surface area contributed by atoms with Crippen LogP contribution < -0.4 is 10.6 Å². The number of Topliss-reactive ketones (excluding diaryl/α,β-unsaturated/α-hetero) is 1. The molecule has 15 heavy (non-hydrogen) atoms. The van der Waals surface area contributed by atoms with Crippen LogP contribution in [0.4, 0.5) is 5.69 Å². The van der Waals surface area contributed by atoms with E-state index < -0.39 is 0 Å². The molecular weight excluding hydrogens is 208 g/mol. The summed E-state index contributed by atoms with van der Waals surface area (Å²) in [7, 11) is 0. The summed E-state index contributed by atoms with van der Waals surface area (Å²) >= 11 is 5.03. The van der Waals surface area contributed by atoms with E-state index in [1.165, 1.54) is 0 Å². The molecule has 4 heteroatoms. The van der Waals surface area contributed by atoms with Gasteiger partial charge in [-0.1, -0.05) is 0 Å². The normalized spacial score (nSPS) is 9.47. The van der Waals surface area contributed by atoms with Gasteiger partial charge < -0.3 is 10.6 Å². The molecule has 3 nitrogen and oxygen atoms in total. The molecule has 0 saturated heterocycles. The minimum atomic E-state index is 0.0656. The molecule has 0 atom stereocenters. The standard InChI is InChI=1S/C11H14N2OS/c1-3-12-11(15)13-10-6-4-9(5-7-10)8(2)14/h4-7H,3H2,1-2H3,(H2,12,13,15). The highest BCUT2D eigenvalue weighted by Crippen LogP contribution is 2.09. The molecule has 0 spiro atoms. The van der Waals surface area contributed by atoms with Gasteiger partial charge in [-0.2, -0.15) is 0 Å². The van der Waals surface area contributed by atoms with Crippen molar-refractivity contribution in [1.29, 1.82) is 0 Å². The van der Waals surface area contributed by atoms with Crippen molar-refractivity contribution in [3.63, 3.8) is 0 Å². The molecule has 0 unspecified atom stereocenters. The maximum absolute atomic E-state index is 11.0. The maximum Gasteiger partial charge on any atom is 0.170 e. The first-order chi connectivity index (χ1) is 7.13. The Morgan fingerprint density at radius 2 is 1.93 bits per heavy atom. The predicted octanol–water partition coefficient (Wildman–Crippen LogP) is 2.20. The van der Waals surface area contributed by atoms with Crippen LogP contribution in [-0.4, -0.2) is 17.4 Å². The van der Waals surface area contributed by atoms with Crippen LogP contribution in [0.2, 0.25) is 0 Å². The van der Waals surface area contributed by atoms with Gasteiger partial charge in [0.15, 0.2) is 10.9 Å². The molecule has 0 amide bonds. The molecule has 0 aliphatic carbocycles. The minimum absolute atomic E-state index is 0.0656. The summed E-state index contributed by atoms with van der Waals surface area (Å²) in [5.41, 5.74) is 1.58. The first kappa shape index (κ1) is 11.7. The minimum Gasteiger partial charge on any atom is -0.363 e. The van der Waals surface area contributed by atoms with Gasteiger partial charge in [0.1, 0.15) is 0 Å². The molecule has 1 rings (SSSR count). The Kier molecular flexibility index (Phi) is 4.24. The molecule has 0 aromatic heterocycles. The van der Waals surface area contributed by atoms with Gasteiger partial charge in [0.2, 0.25) is 0 Å². The summed E-state index contributed by atoms with van der Waals surface area (Å²) in [5, 5.41) is 6.59. The van der Waals surface area contributed by atoms with Crippen LogP contribution in [0.1, 0.15) is 24.2 Å². The fourth-order valence-corrected chi connectivity index (χ4v) is 1.39. The predicted molar refractivity (Wildman–Crippen MR) is 66.3 cm³/mol. The monoisotopic (exact) mass is 222 g/mol. The molecule has 80 valence electrons. The van der Waals surface area contributed by atoms with E-state index in [2.05, 4.69) is 10.6 Å². The third-order valence-electron chi connectivity index (χ3n) is 1.89. The lowest BCUT2D eigenvalue weighted by Crippen LogP contribution is -2.27. The zero-order valence-electron chi connectivity index (χ0n) is 8.83. The Bertz CT molecular complexity index is 359. The van der Waals surface area contributed by atoms with E-state index in [1.807, 2.05) is 19.1 Å². The van der Waals surface area contributed by atoms with Crippen molar-refractivity contribution < 1.29 is 4.79 Å². The van der Waals surface area contributed by atoms with Crippen LogP contribution in [0.5, 0.6) is 0 Å². The van der Waals surface area contributed by atoms with Crippen molar-refractivity contribution in [1.82, 2.24) is 5.32 Å². The van der Waals surface area contributed by atoms with Gasteiger partial charge in [-0.15, -0.1) is 0 Å². The first-order valence-electron chi connectivity index (χ1n) is 4.79. The number of ketones is 1. The van der Waals surface area contributed by atoms with Crippen LogP contribution in [0.15, 0.2) is 24.3 Å². The second-order valence-corrected chi connectivity index (χ2v) is 3.53. The van der Waals surface area contributed by atoms with Crippen molar-refractivity contribution in [3.05, 3.63) is 29.8 Å². The van der Waals surface area contributed by atoms with Crippen molar-refractivity contribution in [3.8, 4) is 0 Å². The fraction of sp³-hybridized carbons (Fsp3) is 0.273. The van der Waals surface area contributed by atoms with Gasteiger partial charge in [-0.25, -0.2) is 0 Å². The maximum atomic E-state index is 11.0. The number of thiocarbonyl (C=S) groups is 1. The van der Waals surface area contributed by atoms with Gasteiger partial charge >= 0.3 is 0 Å². The summed E-state index contributed by atoms with van der Waals surface area (Å²) in [6, 6.07) is 7.22. The highest BCUT2D eigenvalue weighted by Gasteiger charge is 1.99. The number of nitrogens with one attached hydrogen (secondary N) is 2. The van der Waals surface area contributed by atoms with E-state index in [-0.39, 0.29) is 5.78 Å². The van der Waals surface area contributed by atoms with Crippen LogP contribution in [0.25, 0.3) is 0 Å². The van der Waals surface area contributed by atoms with Gasteiger partial charge in [0, 0.05) is 17.8 Å². The van der Waals surface area contributed by atoms with Crippen molar-refractivity contribution in [2.45, 2.75) is 13.8 Å². The lowest BCUT2D eigenvalue weighted by atomic mass is 10.1. The number of anilines is 1. The molecule has 0 heterocycles. The molecule has 2 N–H and O–H groups in total. The van der Waals surface area contributed by atoms with E-state index in [1.54, 1.807) is 19.1 Å². The molecule has 0 bridgehead atoms. The third kappa shape index (κ3) is 3.67. The highest BCUT2D eigenvalue weighted by molar-refractivity contribution is 7.80. The average molecular weight is 222 g/mol.